The lowest BCUT2D eigenvalue weighted by atomic mass is 10.3. The number of rotatable bonds is 3. The molecule has 0 bridgehead atoms. The number of ether oxygens (including phenoxy) is 1. The normalized spacial score (nSPS) is 10.4. The van der Waals surface area contributed by atoms with Gasteiger partial charge >= 0.3 is 0 Å². The molecule has 1 heterocycles. The molecule has 0 spiro atoms. The molecule has 1 N–H and O–H groups in total. The summed E-state index contributed by atoms with van der Waals surface area (Å²) in [6.07, 6.45) is 0. The van der Waals surface area contributed by atoms with Crippen LogP contribution in [0.1, 0.15) is 4.88 Å². The quantitative estimate of drug-likeness (QED) is 0.928. The first-order valence-electron chi connectivity index (χ1n) is 4.39. The lowest BCUT2D eigenvalue weighted by Gasteiger charge is -2.02. The second kappa shape index (κ2) is 5.01. The fourth-order valence-electron chi connectivity index (χ4n) is 1.08. The minimum atomic E-state index is -0.150. The second-order valence-electron chi connectivity index (χ2n) is 2.88. The van der Waals surface area contributed by atoms with Crippen LogP contribution in [0, 0.1) is 0 Å². The van der Waals surface area contributed by atoms with E-state index in [1.807, 2.05) is 12.1 Å². The van der Waals surface area contributed by atoms with E-state index in [1.54, 1.807) is 12.1 Å². The first-order valence-corrected chi connectivity index (χ1v) is 5.96. The van der Waals surface area contributed by atoms with Crippen LogP contribution in [0.25, 0.3) is 0 Å². The predicted molar refractivity (Wildman–Crippen MR) is 64.6 cm³/mol. The maximum absolute atomic E-state index is 8.96. The van der Waals surface area contributed by atoms with E-state index < -0.39 is 0 Å². The summed E-state index contributed by atoms with van der Waals surface area (Å²) >= 11 is 12.9. The lowest BCUT2D eigenvalue weighted by molar-refractivity contribution is 0.285. The van der Waals surface area contributed by atoms with Crippen molar-refractivity contribution in [1.82, 2.24) is 4.98 Å². The monoisotopic (exact) mass is 275 g/mol. The molecule has 0 unspecified atom stereocenters. The van der Waals surface area contributed by atoms with E-state index in [0.717, 1.165) is 0 Å². The molecule has 0 fully saturated rings. The first kappa shape index (κ1) is 11.7. The molecule has 0 saturated carbocycles. The summed E-state index contributed by atoms with van der Waals surface area (Å²) < 4.78 is 5.45. The molecule has 0 aliphatic heterocycles. The maximum atomic E-state index is 8.96. The van der Waals surface area contributed by atoms with Gasteiger partial charge in [-0.2, -0.15) is 4.98 Å². The van der Waals surface area contributed by atoms with Gasteiger partial charge in [0.2, 0.25) is 0 Å². The smallest absolute Gasteiger partial charge is 0.280 e. The maximum Gasteiger partial charge on any atom is 0.280 e. The van der Waals surface area contributed by atoms with Crippen LogP contribution in [0.2, 0.25) is 10.2 Å². The van der Waals surface area contributed by atoms with E-state index >= 15 is 0 Å². The number of nitrogens with zero attached hydrogens (tertiary/aromatic N) is 1. The van der Waals surface area contributed by atoms with Gasteiger partial charge in [0.15, 0.2) is 0 Å². The molecule has 2 aromatic rings. The fourth-order valence-corrected chi connectivity index (χ4v) is 2.23. The molecule has 0 atom stereocenters. The fraction of sp³-hybridized carbons (Fsp3) is 0.100. The molecule has 0 radical (unpaired) electrons. The van der Waals surface area contributed by atoms with Gasteiger partial charge in [-0.05, 0) is 12.1 Å². The van der Waals surface area contributed by atoms with Gasteiger partial charge in [0, 0.05) is 0 Å². The van der Waals surface area contributed by atoms with Crippen molar-refractivity contribution in [2.45, 2.75) is 6.61 Å². The summed E-state index contributed by atoms with van der Waals surface area (Å²) in [5.74, 6) is 0.513. The number of aliphatic hydroxyl groups excluding tert-OH is 1. The Morgan fingerprint density at radius 3 is 2.69 bits per heavy atom. The van der Waals surface area contributed by atoms with Gasteiger partial charge in [-0.25, -0.2) is 0 Å². The summed E-state index contributed by atoms with van der Waals surface area (Å²) in [5.41, 5.74) is 0. The molecule has 16 heavy (non-hydrogen) atoms. The molecule has 0 aliphatic rings. The van der Waals surface area contributed by atoms with Crippen molar-refractivity contribution in [3.05, 3.63) is 39.3 Å². The van der Waals surface area contributed by atoms with Crippen LogP contribution in [-0.2, 0) is 6.61 Å². The highest BCUT2D eigenvalue weighted by Gasteiger charge is 2.11. The Morgan fingerprint density at radius 1 is 1.31 bits per heavy atom. The van der Waals surface area contributed by atoms with Gasteiger partial charge < -0.3 is 9.84 Å². The van der Waals surface area contributed by atoms with E-state index in [-0.39, 0.29) is 11.8 Å². The third kappa shape index (κ3) is 2.47. The molecular weight excluding hydrogens is 269 g/mol. The van der Waals surface area contributed by atoms with Gasteiger partial charge in [0.05, 0.1) is 16.5 Å². The first-order chi connectivity index (χ1) is 7.70. The molecule has 6 heteroatoms. The van der Waals surface area contributed by atoms with Gasteiger partial charge in [-0.3, -0.25) is 0 Å². The number of aliphatic hydroxyl groups is 1. The average molecular weight is 276 g/mol. The van der Waals surface area contributed by atoms with Crippen LogP contribution in [0.15, 0.2) is 24.3 Å². The molecule has 0 saturated heterocycles. The van der Waals surface area contributed by atoms with Crippen molar-refractivity contribution in [2.24, 2.45) is 0 Å². The second-order valence-corrected chi connectivity index (χ2v) is 4.70. The third-order valence-electron chi connectivity index (χ3n) is 1.81. The SMILES string of the molecule is OCc1sc(Oc2ccccc2Cl)nc1Cl. The minimum absolute atomic E-state index is 0.150. The number of halogens is 2. The lowest BCUT2D eigenvalue weighted by Crippen LogP contribution is -1.83. The molecule has 2 rings (SSSR count). The van der Waals surface area contributed by atoms with E-state index in [2.05, 4.69) is 4.98 Å². The number of hydrogen-bond donors (Lipinski definition) is 1. The van der Waals surface area contributed by atoms with Crippen molar-refractivity contribution in [1.29, 1.82) is 0 Å². The summed E-state index contributed by atoms with van der Waals surface area (Å²) in [6, 6.07) is 7.07. The molecule has 0 amide bonds. The minimum Gasteiger partial charge on any atom is -0.429 e. The van der Waals surface area contributed by atoms with Gasteiger partial charge in [-0.15, -0.1) is 0 Å². The molecule has 3 nitrogen and oxygen atoms in total. The largest absolute Gasteiger partial charge is 0.429 e. The summed E-state index contributed by atoms with van der Waals surface area (Å²) in [7, 11) is 0. The molecular formula is C10H7Cl2NO2S. The highest BCUT2D eigenvalue weighted by molar-refractivity contribution is 7.13. The van der Waals surface area contributed by atoms with Gasteiger partial charge in [0.25, 0.3) is 5.19 Å². The van der Waals surface area contributed by atoms with Gasteiger partial charge in [0.1, 0.15) is 10.9 Å². The molecule has 84 valence electrons. The van der Waals surface area contributed by atoms with Crippen molar-refractivity contribution in [3.8, 4) is 10.9 Å². The zero-order chi connectivity index (χ0) is 11.5. The Morgan fingerprint density at radius 2 is 2.06 bits per heavy atom. The van der Waals surface area contributed by atoms with E-state index in [4.69, 9.17) is 33.0 Å². The number of hydrogen-bond acceptors (Lipinski definition) is 4. The Balaban J connectivity index is 2.24. The Labute approximate surface area is 106 Å². The van der Waals surface area contributed by atoms with E-state index in [9.17, 15) is 0 Å². The average Bonchev–Trinajstić information content (AvgIpc) is 2.62. The summed E-state index contributed by atoms with van der Waals surface area (Å²) in [6.45, 7) is -0.150. The topological polar surface area (TPSA) is 42.4 Å². The highest BCUT2D eigenvalue weighted by atomic mass is 35.5. The van der Waals surface area contributed by atoms with Crippen molar-refractivity contribution in [2.75, 3.05) is 0 Å². The number of aromatic nitrogens is 1. The molecule has 0 aliphatic carbocycles. The van der Waals surface area contributed by atoms with Gasteiger partial charge in [-0.1, -0.05) is 46.7 Å². The van der Waals surface area contributed by atoms with Crippen molar-refractivity contribution < 1.29 is 9.84 Å². The van der Waals surface area contributed by atoms with Crippen LogP contribution in [-0.4, -0.2) is 10.1 Å². The Bertz CT molecular complexity index is 501. The summed E-state index contributed by atoms with van der Waals surface area (Å²) in [5, 5.41) is 10.1. The zero-order valence-electron chi connectivity index (χ0n) is 7.98. The van der Waals surface area contributed by atoms with Crippen LogP contribution >= 0.6 is 34.5 Å². The van der Waals surface area contributed by atoms with Crippen LogP contribution < -0.4 is 4.74 Å². The standard InChI is InChI=1S/C10H7Cl2NO2S/c11-6-3-1-2-4-7(6)15-10-13-9(12)8(5-14)16-10/h1-4,14H,5H2. The van der Waals surface area contributed by atoms with E-state index in [0.29, 0.717) is 20.8 Å². The van der Waals surface area contributed by atoms with Crippen LogP contribution in [0.4, 0.5) is 0 Å². The van der Waals surface area contributed by atoms with Crippen molar-refractivity contribution >= 4 is 34.5 Å². The predicted octanol–water partition coefficient (Wildman–Crippen LogP) is 3.73. The third-order valence-corrected chi connectivity index (χ3v) is 3.46. The molecule has 1 aromatic heterocycles. The number of para-hydroxylation sites is 1. The number of thiazole rings is 1. The summed E-state index contributed by atoms with van der Waals surface area (Å²) in [4.78, 5) is 4.53. The Kier molecular flexibility index (Phi) is 3.66. The van der Waals surface area contributed by atoms with Crippen LogP contribution in [0.5, 0.6) is 10.9 Å². The zero-order valence-corrected chi connectivity index (χ0v) is 10.3. The number of benzene rings is 1. The Hall–Kier alpha value is -0.810. The highest BCUT2D eigenvalue weighted by Crippen LogP contribution is 2.34. The van der Waals surface area contributed by atoms with E-state index in [1.165, 1.54) is 11.3 Å². The van der Waals surface area contributed by atoms with Crippen molar-refractivity contribution in [3.63, 3.8) is 0 Å². The molecule has 1 aromatic carbocycles. The van der Waals surface area contributed by atoms with Crippen LogP contribution in [0.3, 0.4) is 0 Å².